The SMILES string of the molecule is Cc1ccnc(C)c1C(=O)N1CC2CN(c3cccc(CCC(N)=O)c3)CC2C1. The topological polar surface area (TPSA) is 79.5 Å². The number of benzene rings is 1. The van der Waals surface area contributed by atoms with Gasteiger partial charge in [-0.05, 0) is 49.6 Å². The fraction of sp³-hybridized carbons (Fsp3) is 0.435. The van der Waals surface area contributed by atoms with E-state index >= 15 is 0 Å². The van der Waals surface area contributed by atoms with Crippen LogP contribution in [0.2, 0.25) is 0 Å². The maximum absolute atomic E-state index is 13.1. The van der Waals surface area contributed by atoms with Gasteiger partial charge in [-0.1, -0.05) is 12.1 Å². The third kappa shape index (κ3) is 3.97. The van der Waals surface area contributed by atoms with Crippen LogP contribution in [0, 0.1) is 25.7 Å². The molecule has 6 heteroatoms. The molecule has 2 N–H and O–H groups in total. The second kappa shape index (κ2) is 7.85. The van der Waals surface area contributed by atoms with Crippen LogP contribution in [0.15, 0.2) is 36.5 Å². The van der Waals surface area contributed by atoms with Crippen molar-refractivity contribution in [3.8, 4) is 0 Å². The molecule has 4 rings (SSSR count). The minimum atomic E-state index is -0.269. The highest BCUT2D eigenvalue weighted by Gasteiger charge is 2.42. The van der Waals surface area contributed by atoms with Gasteiger partial charge in [0.1, 0.15) is 0 Å². The van der Waals surface area contributed by atoms with Crippen LogP contribution in [0.3, 0.4) is 0 Å². The number of pyridine rings is 1. The van der Waals surface area contributed by atoms with Gasteiger partial charge in [0.2, 0.25) is 5.91 Å². The number of anilines is 1. The molecule has 0 aliphatic carbocycles. The van der Waals surface area contributed by atoms with E-state index in [2.05, 4.69) is 22.0 Å². The molecule has 2 unspecified atom stereocenters. The van der Waals surface area contributed by atoms with Crippen molar-refractivity contribution in [2.45, 2.75) is 26.7 Å². The second-order valence-electron chi connectivity index (χ2n) is 8.36. The molecular weight excluding hydrogens is 364 g/mol. The van der Waals surface area contributed by atoms with Crippen molar-refractivity contribution in [1.82, 2.24) is 9.88 Å². The standard InChI is InChI=1S/C23H28N4O2/c1-15-8-9-25-16(2)22(15)23(29)27-13-18-11-26(12-19(18)14-27)20-5-3-4-17(10-20)6-7-21(24)28/h3-5,8-10,18-19H,6-7,11-14H2,1-2H3,(H2,24,28). The highest BCUT2D eigenvalue weighted by Crippen LogP contribution is 2.35. The predicted octanol–water partition coefficient (Wildman–Crippen LogP) is 2.32. The van der Waals surface area contributed by atoms with Crippen molar-refractivity contribution in [1.29, 1.82) is 0 Å². The zero-order valence-electron chi connectivity index (χ0n) is 17.1. The van der Waals surface area contributed by atoms with E-state index in [0.29, 0.717) is 24.7 Å². The summed E-state index contributed by atoms with van der Waals surface area (Å²) in [6.45, 7) is 7.40. The van der Waals surface area contributed by atoms with E-state index in [1.165, 1.54) is 5.69 Å². The van der Waals surface area contributed by atoms with Gasteiger partial charge in [0.15, 0.2) is 0 Å². The lowest BCUT2D eigenvalue weighted by molar-refractivity contribution is -0.117. The van der Waals surface area contributed by atoms with Gasteiger partial charge >= 0.3 is 0 Å². The Kier molecular flexibility index (Phi) is 5.26. The number of hydrogen-bond donors (Lipinski definition) is 1. The number of aromatic nitrogens is 1. The lowest BCUT2D eigenvalue weighted by Gasteiger charge is -2.24. The van der Waals surface area contributed by atoms with Crippen LogP contribution < -0.4 is 10.6 Å². The van der Waals surface area contributed by atoms with Crippen LogP contribution in [0.4, 0.5) is 5.69 Å². The van der Waals surface area contributed by atoms with Crippen LogP contribution >= 0.6 is 0 Å². The minimum absolute atomic E-state index is 0.113. The lowest BCUT2D eigenvalue weighted by atomic mass is 10.0. The molecule has 0 saturated carbocycles. The summed E-state index contributed by atoms with van der Waals surface area (Å²) in [5.41, 5.74) is 10.2. The van der Waals surface area contributed by atoms with Gasteiger partial charge in [0.05, 0.1) is 11.3 Å². The molecule has 2 aliphatic rings. The van der Waals surface area contributed by atoms with E-state index in [1.54, 1.807) is 6.20 Å². The molecule has 0 radical (unpaired) electrons. The smallest absolute Gasteiger partial charge is 0.255 e. The molecule has 0 bridgehead atoms. The third-order valence-corrected chi connectivity index (χ3v) is 6.27. The Balaban J connectivity index is 1.41. The molecule has 2 aliphatic heterocycles. The predicted molar refractivity (Wildman–Crippen MR) is 113 cm³/mol. The van der Waals surface area contributed by atoms with Gasteiger partial charge in [0, 0.05) is 56.3 Å². The quantitative estimate of drug-likeness (QED) is 0.847. The highest BCUT2D eigenvalue weighted by molar-refractivity contribution is 5.96. The van der Waals surface area contributed by atoms with Crippen LogP contribution in [0.25, 0.3) is 0 Å². The number of likely N-dealkylation sites (tertiary alicyclic amines) is 1. The van der Waals surface area contributed by atoms with Crippen molar-refractivity contribution in [2.75, 3.05) is 31.1 Å². The van der Waals surface area contributed by atoms with E-state index in [0.717, 1.165) is 48.6 Å². The zero-order chi connectivity index (χ0) is 20.5. The van der Waals surface area contributed by atoms with Crippen molar-refractivity contribution in [3.05, 3.63) is 58.9 Å². The summed E-state index contributed by atoms with van der Waals surface area (Å²) in [6.07, 6.45) is 2.81. The minimum Gasteiger partial charge on any atom is -0.371 e. The summed E-state index contributed by atoms with van der Waals surface area (Å²) in [5.74, 6) is 0.827. The monoisotopic (exact) mass is 392 g/mol. The van der Waals surface area contributed by atoms with Gasteiger partial charge < -0.3 is 15.5 Å². The number of nitrogens with two attached hydrogens (primary N) is 1. The van der Waals surface area contributed by atoms with Crippen LogP contribution in [-0.2, 0) is 11.2 Å². The van der Waals surface area contributed by atoms with E-state index in [9.17, 15) is 9.59 Å². The lowest BCUT2D eigenvalue weighted by Crippen LogP contribution is -2.34. The Bertz CT molecular complexity index is 908. The molecule has 2 fully saturated rings. The Morgan fingerprint density at radius 3 is 2.48 bits per heavy atom. The fourth-order valence-corrected chi connectivity index (χ4v) is 4.72. The molecule has 2 saturated heterocycles. The number of aryl methyl sites for hydroxylation is 3. The molecule has 2 aromatic rings. The summed E-state index contributed by atoms with van der Waals surface area (Å²) in [4.78, 5) is 32.9. The fourth-order valence-electron chi connectivity index (χ4n) is 4.72. The number of primary amides is 1. The first kappa shape index (κ1) is 19.4. The van der Waals surface area contributed by atoms with E-state index < -0.39 is 0 Å². The van der Waals surface area contributed by atoms with Gasteiger partial charge in [-0.25, -0.2) is 0 Å². The first-order valence-electron chi connectivity index (χ1n) is 10.3. The van der Waals surface area contributed by atoms with Gasteiger partial charge in [0.25, 0.3) is 5.91 Å². The van der Waals surface area contributed by atoms with Crippen molar-refractivity contribution in [2.24, 2.45) is 17.6 Å². The van der Waals surface area contributed by atoms with Crippen molar-refractivity contribution >= 4 is 17.5 Å². The highest BCUT2D eigenvalue weighted by atomic mass is 16.2. The molecular formula is C23H28N4O2. The summed E-state index contributed by atoms with van der Waals surface area (Å²) in [7, 11) is 0. The Hall–Kier alpha value is -2.89. The van der Waals surface area contributed by atoms with Gasteiger partial charge in [-0.3, -0.25) is 14.6 Å². The Morgan fingerprint density at radius 1 is 1.10 bits per heavy atom. The van der Waals surface area contributed by atoms with E-state index in [1.807, 2.05) is 36.9 Å². The van der Waals surface area contributed by atoms with Crippen molar-refractivity contribution < 1.29 is 9.59 Å². The normalized spacial score (nSPS) is 20.8. The van der Waals surface area contributed by atoms with Gasteiger partial charge in [-0.15, -0.1) is 0 Å². The molecule has 3 heterocycles. The van der Waals surface area contributed by atoms with Crippen LogP contribution in [0.1, 0.15) is 33.6 Å². The number of rotatable bonds is 5. The number of hydrogen-bond acceptors (Lipinski definition) is 4. The van der Waals surface area contributed by atoms with Crippen LogP contribution in [-0.4, -0.2) is 47.9 Å². The number of carbonyl (C=O) groups excluding carboxylic acids is 2. The Labute approximate surface area is 171 Å². The van der Waals surface area contributed by atoms with Gasteiger partial charge in [-0.2, -0.15) is 0 Å². The molecule has 6 nitrogen and oxygen atoms in total. The molecule has 0 spiro atoms. The van der Waals surface area contributed by atoms with E-state index in [4.69, 9.17) is 5.73 Å². The maximum atomic E-state index is 13.1. The number of nitrogens with zero attached hydrogens (tertiary/aromatic N) is 3. The third-order valence-electron chi connectivity index (χ3n) is 6.27. The Morgan fingerprint density at radius 2 is 1.83 bits per heavy atom. The largest absolute Gasteiger partial charge is 0.371 e. The number of amides is 2. The zero-order valence-corrected chi connectivity index (χ0v) is 17.1. The molecule has 1 aromatic heterocycles. The molecule has 1 aromatic carbocycles. The molecule has 2 atom stereocenters. The summed E-state index contributed by atoms with van der Waals surface area (Å²) >= 11 is 0. The van der Waals surface area contributed by atoms with E-state index in [-0.39, 0.29) is 11.8 Å². The summed E-state index contributed by atoms with van der Waals surface area (Å²) < 4.78 is 0. The summed E-state index contributed by atoms with van der Waals surface area (Å²) in [6, 6.07) is 10.3. The van der Waals surface area contributed by atoms with Crippen LogP contribution in [0.5, 0.6) is 0 Å². The average molecular weight is 393 g/mol. The number of carbonyl (C=O) groups is 2. The molecule has 29 heavy (non-hydrogen) atoms. The first-order valence-corrected chi connectivity index (χ1v) is 10.3. The molecule has 2 amide bonds. The average Bonchev–Trinajstić information content (AvgIpc) is 3.25. The maximum Gasteiger partial charge on any atom is 0.255 e. The number of fused-ring (bicyclic) bond motifs is 1. The summed E-state index contributed by atoms with van der Waals surface area (Å²) in [5, 5.41) is 0. The molecule has 152 valence electrons. The first-order chi connectivity index (χ1) is 13.9. The second-order valence-corrected chi connectivity index (χ2v) is 8.36. The van der Waals surface area contributed by atoms with Crippen molar-refractivity contribution in [3.63, 3.8) is 0 Å².